The Hall–Kier alpha value is -3.75. The number of nitrogens with zero attached hydrogens (tertiary/aromatic N) is 1. The van der Waals surface area contributed by atoms with Crippen molar-refractivity contribution in [1.82, 2.24) is 4.90 Å². The Bertz CT molecular complexity index is 942. The number of anilines is 1. The van der Waals surface area contributed by atoms with Gasteiger partial charge in [0.15, 0.2) is 24.7 Å². The van der Waals surface area contributed by atoms with Crippen LogP contribution >= 0.6 is 0 Å². The summed E-state index contributed by atoms with van der Waals surface area (Å²) in [4.78, 5) is 38.1. The summed E-state index contributed by atoms with van der Waals surface area (Å²) >= 11 is 0. The molecule has 0 aliphatic rings. The fourth-order valence-electron chi connectivity index (χ4n) is 2.87. The number of carbonyl (C=O) groups excluding carboxylic acids is 3. The Balaban J connectivity index is 1.97. The molecule has 2 aromatic rings. The van der Waals surface area contributed by atoms with Crippen LogP contribution < -0.4 is 19.5 Å². The molecule has 0 bridgehead atoms. The number of hydrogen-bond acceptors (Lipinski definition) is 7. The maximum Gasteiger partial charge on any atom is 0.338 e. The Morgan fingerprint density at radius 3 is 2.22 bits per heavy atom. The SMILES string of the molecule is CCN(CC)C(=O)COC(=O)c1ccc(OCC(=O)Nc2ccccc2OC)c(OC)c1. The number of ether oxygens (including phenoxy) is 4. The molecule has 0 radical (unpaired) electrons. The monoisotopic (exact) mass is 444 g/mol. The predicted molar refractivity (Wildman–Crippen MR) is 118 cm³/mol. The molecular formula is C23H28N2O7. The molecule has 1 N–H and O–H groups in total. The highest BCUT2D eigenvalue weighted by Crippen LogP contribution is 2.29. The topological polar surface area (TPSA) is 103 Å². The van der Waals surface area contributed by atoms with Crippen LogP contribution in [-0.4, -0.2) is 63.2 Å². The van der Waals surface area contributed by atoms with Crippen molar-refractivity contribution < 1.29 is 33.3 Å². The minimum Gasteiger partial charge on any atom is -0.495 e. The van der Waals surface area contributed by atoms with Crippen LogP contribution in [0.4, 0.5) is 5.69 Å². The second-order valence-corrected chi connectivity index (χ2v) is 6.54. The van der Waals surface area contributed by atoms with Gasteiger partial charge in [0.25, 0.3) is 11.8 Å². The van der Waals surface area contributed by atoms with Gasteiger partial charge in [0.1, 0.15) is 5.75 Å². The highest BCUT2D eigenvalue weighted by molar-refractivity contribution is 5.94. The number of esters is 1. The fraction of sp³-hybridized carbons (Fsp3) is 0.348. The van der Waals surface area contributed by atoms with Gasteiger partial charge in [-0.2, -0.15) is 0 Å². The van der Waals surface area contributed by atoms with E-state index in [1.807, 2.05) is 13.8 Å². The largest absolute Gasteiger partial charge is 0.495 e. The van der Waals surface area contributed by atoms with Crippen molar-refractivity contribution in [3.8, 4) is 17.2 Å². The van der Waals surface area contributed by atoms with Gasteiger partial charge in [-0.15, -0.1) is 0 Å². The summed E-state index contributed by atoms with van der Waals surface area (Å²) in [7, 11) is 2.93. The summed E-state index contributed by atoms with van der Waals surface area (Å²) in [6.07, 6.45) is 0. The molecule has 0 saturated heterocycles. The Morgan fingerprint density at radius 1 is 0.875 bits per heavy atom. The van der Waals surface area contributed by atoms with Crippen molar-refractivity contribution in [1.29, 1.82) is 0 Å². The van der Waals surface area contributed by atoms with Gasteiger partial charge in [0.2, 0.25) is 0 Å². The van der Waals surface area contributed by atoms with Crippen molar-refractivity contribution in [2.24, 2.45) is 0 Å². The van der Waals surface area contributed by atoms with E-state index in [4.69, 9.17) is 18.9 Å². The van der Waals surface area contributed by atoms with E-state index in [1.54, 1.807) is 29.2 Å². The Labute approximate surface area is 187 Å². The van der Waals surface area contributed by atoms with Gasteiger partial charge in [-0.25, -0.2) is 4.79 Å². The zero-order chi connectivity index (χ0) is 23.5. The summed E-state index contributed by atoms with van der Waals surface area (Å²) in [6, 6.07) is 11.4. The van der Waals surface area contributed by atoms with Gasteiger partial charge in [-0.1, -0.05) is 12.1 Å². The van der Waals surface area contributed by atoms with E-state index in [2.05, 4.69) is 5.32 Å². The lowest BCUT2D eigenvalue weighted by Crippen LogP contribution is -2.34. The van der Waals surface area contributed by atoms with Gasteiger partial charge >= 0.3 is 5.97 Å². The average Bonchev–Trinajstić information content (AvgIpc) is 2.82. The molecule has 2 amide bonds. The maximum absolute atomic E-state index is 12.3. The molecule has 0 aromatic heterocycles. The lowest BCUT2D eigenvalue weighted by Gasteiger charge is -2.18. The van der Waals surface area contributed by atoms with Crippen LogP contribution in [0.5, 0.6) is 17.2 Å². The van der Waals surface area contributed by atoms with Crippen molar-refractivity contribution in [3.63, 3.8) is 0 Å². The van der Waals surface area contributed by atoms with Crippen LogP contribution in [0, 0.1) is 0 Å². The minimum atomic E-state index is -0.663. The number of methoxy groups -OCH3 is 2. The molecule has 9 nitrogen and oxygen atoms in total. The van der Waals surface area contributed by atoms with Crippen molar-refractivity contribution in [2.75, 3.05) is 45.8 Å². The van der Waals surface area contributed by atoms with Crippen LogP contribution in [0.2, 0.25) is 0 Å². The Morgan fingerprint density at radius 2 is 1.56 bits per heavy atom. The zero-order valence-corrected chi connectivity index (χ0v) is 18.7. The number of hydrogen-bond donors (Lipinski definition) is 1. The van der Waals surface area contributed by atoms with E-state index in [-0.39, 0.29) is 36.2 Å². The molecule has 2 rings (SSSR count). The number of amides is 2. The summed E-state index contributed by atoms with van der Waals surface area (Å²) in [5, 5.41) is 2.70. The van der Waals surface area contributed by atoms with Crippen LogP contribution in [0.1, 0.15) is 24.2 Å². The van der Waals surface area contributed by atoms with Gasteiger partial charge in [0, 0.05) is 13.1 Å². The average molecular weight is 444 g/mol. The first-order valence-electron chi connectivity index (χ1n) is 10.1. The quantitative estimate of drug-likeness (QED) is 0.532. The molecule has 0 unspecified atom stereocenters. The fourth-order valence-corrected chi connectivity index (χ4v) is 2.87. The summed E-state index contributed by atoms with van der Waals surface area (Å²) in [5.74, 6) is -0.269. The first-order valence-corrected chi connectivity index (χ1v) is 10.1. The summed E-state index contributed by atoms with van der Waals surface area (Å²) in [6.45, 7) is 4.16. The number of likely N-dealkylation sites (N-methyl/N-ethyl adjacent to an activating group) is 1. The van der Waals surface area contributed by atoms with E-state index < -0.39 is 11.9 Å². The predicted octanol–water partition coefficient (Wildman–Crippen LogP) is 2.75. The molecule has 0 fully saturated rings. The molecule has 2 aromatic carbocycles. The molecule has 32 heavy (non-hydrogen) atoms. The van der Waals surface area contributed by atoms with Gasteiger partial charge in [-0.05, 0) is 44.2 Å². The normalized spacial score (nSPS) is 10.1. The molecule has 0 heterocycles. The molecular weight excluding hydrogens is 416 g/mol. The van der Waals surface area contributed by atoms with Gasteiger partial charge < -0.3 is 29.2 Å². The molecule has 172 valence electrons. The molecule has 0 aliphatic heterocycles. The van der Waals surface area contributed by atoms with Crippen LogP contribution in [0.3, 0.4) is 0 Å². The van der Waals surface area contributed by atoms with Crippen molar-refractivity contribution >= 4 is 23.5 Å². The second-order valence-electron chi connectivity index (χ2n) is 6.54. The lowest BCUT2D eigenvalue weighted by molar-refractivity contribution is -0.134. The van der Waals surface area contributed by atoms with E-state index in [0.29, 0.717) is 24.5 Å². The number of para-hydroxylation sites is 2. The second kappa shape index (κ2) is 12.2. The maximum atomic E-state index is 12.3. The third-order valence-electron chi connectivity index (χ3n) is 4.58. The minimum absolute atomic E-state index is 0.194. The Kier molecular flexibility index (Phi) is 9.34. The van der Waals surface area contributed by atoms with E-state index in [9.17, 15) is 14.4 Å². The number of nitrogens with one attached hydrogen (secondary N) is 1. The standard InChI is InChI=1S/C23H28N2O7/c1-5-25(6-2)22(27)15-32-23(28)16-11-12-19(20(13-16)30-4)31-14-21(26)24-17-9-7-8-10-18(17)29-3/h7-13H,5-6,14-15H2,1-4H3,(H,24,26). The van der Waals surface area contributed by atoms with Crippen LogP contribution in [0.25, 0.3) is 0 Å². The van der Waals surface area contributed by atoms with Crippen molar-refractivity contribution in [2.45, 2.75) is 13.8 Å². The van der Waals surface area contributed by atoms with E-state index >= 15 is 0 Å². The van der Waals surface area contributed by atoms with E-state index in [0.717, 1.165) is 0 Å². The third-order valence-corrected chi connectivity index (χ3v) is 4.58. The summed E-state index contributed by atoms with van der Waals surface area (Å²) in [5.41, 5.74) is 0.716. The van der Waals surface area contributed by atoms with Crippen molar-refractivity contribution in [3.05, 3.63) is 48.0 Å². The first-order chi connectivity index (χ1) is 15.4. The van der Waals surface area contributed by atoms with Gasteiger partial charge in [-0.3, -0.25) is 9.59 Å². The summed E-state index contributed by atoms with van der Waals surface area (Å²) < 4.78 is 21.1. The third kappa shape index (κ3) is 6.63. The van der Waals surface area contributed by atoms with Crippen LogP contribution in [-0.2, 0) is 14.3 Å². The highest BCUT2D eigenvalue weighted by atomic mass is 16.5. The number of rotatable bonds is 11. The molecule has 0 aliphatic carbocycles. The van der Waals surface area contributed by atoms with Gasteiger partial charge in [0.05, 0.1) is 25.5 Å². The number of carbonyl (C=O) groups is 3. The van der Waals surface area contributed by atoms with E-state index in [1.165, 1.54) is 32.4 Å². The number of benzene rings is 2. The smallest absolute Gasteiger partial charge is 0.338 e. The lowest BCUT2D eigenvalue weighted by atomic mass is 10.2. The zero-order valence-electron chi connectivity index (χ0n) is 18.7. The molecule has 0 saturated carbocycles. The molecule has 0 atom stereocenters. The first kappa shape index (κ1) is 24.5. The molecule has 9 heteroatoms. The van der Waals surface area contributed by atoms with Crippen LogP contribution in [0.15, 0.2) is 42.5 Å². The molecule has 0 spiro atoms. The highest BCUT2D eigenvalue weighted by Gasteiger charge is 2.17.